The van der Waals surface area contributed by atoms with Crippen LogP contribution in [0.3, 0.4) is 0 Å². The van der Waals surface area contributed by atoms with Crippen LogP contribution in [0.5, 0.6) is 0 Å². The summed E-state index contributed by atoms with van der Waals surface area (Å²) >= 11 is 7.94. The standard InChI is InChI=1S/C13H18ClNS/c1-10(11-4-6-12(14)7-5-11)15-13-3-2-8-16-9-13/h4-7,10,13,15H,2-3,8-9H2,1H3. The monoisotopic (exact) mass is 255 g/mol. The molecule has 1 aromatic carbocycles. The van der Waals surface area contributed by atoms with Gasteiger partial charge in [-0.2, -0.15) is 11.8 Å². The molecule has 1 fully saturated rings. The summed E-state index contributed by atoms with van der Waals surface area (Å²) in [5, 5.41) is 4.50. The van der Waals surface area contributed by atoms with Gasteiger partial charge in [0.1, 0.15) is 0 Å². The Morgan fingerprint density at radius 2 is 2.12 bits per heavy atom. The van der Waals surface area contributed by atoms with Crippen molar-refractivity contribution in [3.63, 3.8) is 0 Å². The summed E-state index contributed by atoms with van der Waals surface area (Å²) in [6, 6.07) is 9.23. The van der Waals surface area contributed by atoms with E-state index in [0.717, 1.165) is 5.02 Å². The minimum absolute atomic E-state index is 0.418. The quantitative estimate of drug-likeness (QED) is 0.880. The van der Waals surface area contributed by atoms with E-state index in [4.69, 9.17) is 11.6 Å². The molecule has 16 heavy (non-hydrogen) atoms. The second kappa shape index (κ2) is 5.95. The van der Waals surface area contributed by atoms with Crippen LogP contribution in [0.25, 0.3) is 0 Å². The molecule has 0 radical (unpaired) electrons. The van der Waals surface area contributed by atoms with Gasteiger partial charge < -0.3 is 5.32 Å². The molecule has 2 atom stereocenters. The van der Waals surface area contributed by atoms with Crippen LogP contribution in [0, 0.1) is 0 Å². The molecule has 1 nitrogen and oxygen atoms in total. The Hall–Kier alpha value is -0.180. The second-order valence-corrected chi connectivity index (χ2v) is 5.94. The fourth-order valence-electron chi connectivity index (χ4n) is 2.07. The topological polar surface area (TPSA) is 12.0 Å². The number of hydrogen-bond donors (Lipinski definition) is 1. The van der Waals surface area contributed by atoms with Crippen LogP contribution in [-0.4, -0.2) is 17.5 Å². The average Bonchev–Trinajstić information content (AvgIpc) is 2.31. The lowest BCUT2D eigenvalue weighted by Crippen LogP contribution is -2.35. The van der Waals surface area contributed by atoms with Gasteiger partial charge in [-0.25, -0.2) is 0 Å². The maximum Gasteiger partial charge on any atom is 0.0406 e. The van der Waals surface area contributed by atoms with E-state index in [1.807, 2.05) is 12.1 Å². The van der Waals surface area contributed by atoms with Crippen molar-refractivity contribution in [1.29, 1.82) is 0 Å². The van der Waals surface area contributed by atoms with Crippen LogP contribution in [-0.2, 0) is 0 Å². The van der Waals surface area contributed by atoms with Gasteiger partial charge in [0.15, 0.2) is 0 Å². The molecule has 1 aromatic rings. The molecule has 1 aliphatic heterocycles. The van der Waals surface area contributed by atoms with Crippen molar-refractivity contribution in [2.45, 2.75) is 31.8 Å². The van der Waals surface area contributed by atoms with E-state index < -0.39 is 0 Å². The van der Waals surface area contributed by atoms with E-state index >= 15 is 0 Å². The predicted molar refractivity (Wildman–Crippen MR) is 73.3 cm³/mol. The number of halogens is 1. The maximum absolute atomic E-state index is 5.88. The van der Waals surface area contributed by atoms with Crippen molar-refractivity contribution < 1.29 is 0 Å². The molecular formula is C13H18ClNS. The van der Waals surface area contributed by atoms with Crippen molar-refractivity contribution in [3.8, 4) is 0 Å². The first kappa shape index (κ1) is 12.3. The first-order chi connectivity index (χ1) is 7.75. The van der Waals surface area contributed by atoms with Crippen LogP contribution < -0.4 is 5.32 Å². The van der Waals surface area contributed by atoms with E-state index in [1.54, 1.807) is 0 Å². The van der Waals surface area contributed by atoms with Crippen LogP contribution in [0.2, 0.25) is 5.02 Å². The molecule has 0 aliphatic carbocycles. The molecule has 1 saturated heterocycles. The molecule has 0 spiro atoms. The van der Waals surface area contributed by atoms with Crippen molar-refractivity contribution in [2.75, 3.05) is 11.5 Å². The van der Waals surface area contributed by atoms with Crippen molar-refractivity contribution in [2.24, 2.45) is 0 Å². The zero-order valence-electron chi connectivity index (χ0n) is 9.58. The molecule has 2 unspecified atom stereocenters. The molecule has 1 N–H and O–H groups in total. The molecule has 1 aliphatic rings. The molecule has 2 rings (SSSR count). The molecule has 0 bridgehead atoms. The van der Waals surface area contributed by atoms with Gasteiger partial charge in [-0.3, -0.25) is 0 Å². The van der Waals surface area contributed by atoms with Gasteiger partial charge in [0, 0.05) is 22.9 Å². The molecule has 88 valence electrons. The summed E-state index contributed by atoms with van der Waals surface area (Å²) in [5.74, 6) is 2.57. The number of rotatable bonds is 3. The first-order valence-corrected chi connectivity index (χ1v) is 7.38. The number of hydrogen-bond acceptors (Lipinski definition) is 2. The highest BCUT2D eigenvalue weighted by Gasteiger charge is 2.16. The van der Waals surface area contributed by atoms with Crippen molar-refractivity contribution >= 4 is 23.4 Å². The third-order valence-corrected chi connectivity index (χ3v) is 4.48. The van der Waals surface area contributed by atoms with Crippen molar-refractivity contribution in [3.05, 3.63) is 34.9 Å². The summed E-state index contributed by atoms with van der Waals surface area (Å²) in [7, 11) is 0. The average molecular weight is 256 g/mol. The van der Waals surface area contributed by atoms with Gasteiger partial charge >= 0.3 is 0 Å². The fourth-order valence-corrected chi connectivity index (χ4v) is 3.28. The van der Waals surface area contributed by atoms with Gasteiger partial charge in [0.2, 0.25) is 0 Å². The van der Waals surface area contributed by atoms with Gasteiger partial charge in [0.05, 0.1) is 0 Å². The Bertz CT molecular complexity index is 319. The highest BCUT2D eigenvalue weighted by atomic mass is 35.5. The lowest BCUT2D eigenvalue weighted by atomic mass is 10.1. The summed E-state index contributed by atoms with van der Waals surface area (Å²) in [6.45, 7) is 2.22. The highest BCUT2D eigenvalue weighted by Crippen LogP contribution is 2.21. The van der Waals surface area contributed by atoms with Gasteiger partial charge in [-0.15, -0.1) is 0 Å². The SMILES string of the molecule is CC(NC1CCCSC1)c1ccc(Cl)cc1. The molecule has 0 saturated carbocycles. The van der Waals surface area contributed by atoms with Crippen LogP contribution in [0.15, 0.2) is 24.3 Å². The zero-order chi connectivity index (χ0) is 11.4. The highest BCUT2D eigenvalue weighted by molar-refractivity contribution is 7.99. The van der Waals surface area contributed by atoms with E-state index in [-0.39, 0.29) is 0 Å². The molecular weight excluding hydrogens is 238 g/mol. The van der Waals surface area contributed by atoms with Crippen molar-refractivity contribution in [1.82, 2.24) is 5.32 Å². The minimum Gasteiger partial charge on any atom is -0.307 e. The first-order valence-electron chi connectivity index (χ1n) is 5.85. The molecule has 0 amide bonds. The Balaban J connectivity index is 1.91. The van der Waals surface area contributed by atoms with Crippen LogP contribution in [0.4, 0.5) is 0 Å². The molecule has 0 aromatic heterocycles. The summed E-state index contributed by atoms with van der Waals surface area (Å²) in [6.07, 6.45) is 2.65. The third-order valence-electron chi connectivity index (χ3n) is 3.02. The number of nitrogens with one attached hydrogen (secondary N) is 1. The Kier molecular flexibility index (Phi) is 4.56. The Morgan fingerprint density at radius 3 is 2.75 bits per heavy atom. The summed E-state index contributed by atoms with van der Waals surface area (Å²) in [4.78, 5) is 0. The Morgan fingerprint density at radius 1 is 1.38 bits per heavy atom. The predicted octanol–water partition coefficient (Wildman–Crippen LogP) is 3.89. The third kappa shape index (κ3) is 3.41. The largest absolute Gasteiger partial charge is 0.307 e. The van der Waals surface area contributed by atoms with E-state index in [0.29, 0.717) is 12.1 Å². The number of thioether (sulfide) groups is 1. The second-order valence-electron chi connectivity index (χ2n) is 4.35. The van der Waals surface area contributed by atoms with Gasteiger partial charge in [0.25, 0.3) is 0 Å². The smallest absolute Gasteiger partial charge is 0.0406 e. The van der Waals surface area contributed by atoms with E-state index in [9.17, 15) is 0 Å². The minimum atomic E-state index is 0.418. The Labute approximate surface area is 107 Å². The normalized spacial score (nSPS) is 23.0. The molecule has 1 heterocycles. The lowest BCUT2D eigenvalue weighted by Gasteiger charge is -2.26. The van der Waals surface area contributed by atoms with E-state index in [1.165, 1.54) is 29.9 Å². The summed E-state index contributed by atoms with van der Waals surface area (Å²) in [5.41, 5.74) is 1.32. The van der Waals surface area contributed by atoms with Gasteiger partial charge in [-0.05, 0) is 43.2 Å². The maximum atomic E-state index is 5.88. The van der Waals surface area contributed by atoms with Gasteiger partial charge in [-0.1, -0.05) is 23.7 Å². The van der Waals surface area contributed by atoms with E-state index in [2.05, 4.69) is 36.1 Å². The lowest BCUT2D eigenvalue weighted by molar-refractivity contribution is 0.453. The van der Waals surface area contributed by atoms with Crippen LogP contribution in [0.1, 0.15) is 31.4 Å². The zero-order valence-corrected chi connectivity index (χ0v) is 11.2. The summed E-state index contributed by atoms with van der Waals surface area (Å²) < 4.78 is 0. The number of benzene rings is 1. The fraction of sp³-hybridized carbons (Fsp3) is 0.538. The van der Waals surface area contributed by atoms with Crippen LogP contribution >= 0.6 is 23.4 Å². The molecule has 3 heteroatoms.